The Morgan fingerprint density at radius 1 is 0.757 bits per heavy atom. The Morgan fingerprint density at radius 2 is 1.43 bits per heavy atom. The van der Waals surface area contributed by atoms with Gasteiger partial charge in [0.2, 0.25) is 11.8 Å². The summed E-state index contributed by atoms with van der Waals surface area (Å²) in [7, 11) is 0. The average molecular weight is 512 g/mol. The highest BCUT2D eigenvalue weighted by molar-refractivity contribution is 8.00. The summed E-state index contributed by atoms with van der Waals surface area (Å²) in [4.78, 5) is 37.8. The zero-order valence-corrected chi connectivity index (χ0v) is 20.6. The van der Waals surface area contributed by atoms with Crippen molar-refractivity contribution in [1.82, 2.24) is 0 Å². The lowest BCUT2D eigenvalue weighted by Gasteiger charge is -2.18. The van der Waals surface area contributed by atoms with Crippen molar-refractivity contribution in [2.75, 3.05) is 17.2 Å². The molecule has 0 aliphatic carbocycles. The quantitative estimate of drug-likeness (QED) is 0.251. The second-order valence-corrected chi connectivity index (χ2v) is 9.20. The molecule has 0 fully saturated rings. The largest absolute Gasteiger partial charge is 0.484 e. The molecule has 1 atom stereocenters. The van der Waals surface area contributed by atoms with Gasteiger partial charge in [0.05, 0.1) is 0 Å². The van der Waals surface area contributed by atoms with E-state index in [4.69, 9.17) is 10.5 Å². The van der Waals surface area contributed by atoms with Crippen molar-refractivity contribution < 1.29 is 19.1 Å². The number of amides is 3. The first kappa shape index (κ1) is 25.5. The Bertz CT molecular complexity index is 1360. The average Bonchev–Trinajstić information content (AvgIpc) is 2.92. The third-order valence-corrected chi connectivity index (χ3v) is 6.51. The smallest absolute Gasteiger partial charge is 0.262 e. The van der Waals surface area contributed by atoms with E-state index in [1.165, 1.54) is 11.8 Å². The molecule has 37 heavy (non-hydrogen) atoms. The predicted octanol–water partition coefficient (Wildman–Crippen LogP) is 5.28. The van der Waals surface area contributed by atoms with Crippen LogP contribution in [0.5, 0.6) is 5.75 Å². The van der Waals surface area contributed by atoms with Crippen molar-refractivity contribution in [2.45, 2.75) is 10.1 Å². The molecule has 0 radical (unpaired) electrons. The Labute approximate surface area is 219 Å². The first-order valence-corrected chi connectivity index (χ1v) is 12.4. The number of para-hydroxylation sites is 1. The number of primary amides is 1. The fourth-order valence-corrected chi connectivity index (χ4v) is 4.56. The maximum Gasteiger partial charge on any atom is 0.262 e. The van der Waals surface area contributed by atoms with E-state index in [0.717, 1.165) is 10.5 Å². The van der Waals surface area contributed by atoms with Gasteiger partial charge in [-0.1, -0.05) is 54.6 Å². The van der Waals surface area contributed by atoms with Crippen LogP contribution < -0.4 is 21.1 Å². The minimum absolute atomic E-state index is 0.120. The number of carbonyl (C=O) groups excluding carboxylic acids is 3. The Kier molecular flexibility index (Phi) is 8.57. The van der Waals surface area contributed by atoms with Gasteiger partial charge in [0.15, 0.2) is 6.61 Å². The van der Waals surface area contributed by atoms with Crippen LogP contribution in [0, 0.1) is 0 Å². The van der Waals surface area contributed by atoms with Gasteiger partial charge in [0, 0.05) is 21.8 Å². The summed E-state index contributed by atoms with van der Waals surface area (Å²) in [6.45, 7) is -0.120. The molecular formula is C29H25N3O4S. The number of anilines is 2. The summed E-state index contributed by atoms with van der Waals surface area (Å²) in [6, 6.07) is 32.2. The molecule has 186 valence electrons. The maximum absolute atomic E-state index is 13.3. The summed E-state index contributed by atoms with van der Waals surface area (Å²) in [5.41, 5.74) is 7.63. The highest BCUT2D eigenvalue weighted by atomic mass is 32.2. The van der Waals surface area contributed by atoms with Crippen LogP contribution in [0.4, 0.5) is 11.4 Å². The Hall–Kier alpha value is -4.56. The fraction of sp³-hybridized carbons (Fsp3) is 0.0690. The molecule has 0 bridgehead atoms. The minimum atomic E-state index is -0.565. The summed E-state index contributed by atoms with van der Waals surface area (Å²) in [5, 5.41) is 5.18. The number of rotatable bonds is 10. The molecule has 8 heteroatoms. The molecule has 7 nitrogen and oxygen atoms in total. The molecule has 0 spiro atoms. The highest BCUT2D eigenvalue weighted by Gasteiger charge is 2.22. The summed E-state index contributed by atoms with van der Waals surface area (Å²) in [5.74, 6) is -0.436. The number of carbonyl (C=O) groups is 3. The predicted molar refractivity (Wildman–Crippen MR) is 146 cm³/mol. The van der Waals surface area contributed by atoms with E-state index >= 15 is 0 Å². The van der Waals surface area contributed by atoms with Gasteiger partial charge in [-0.05, 0) is 60.2 Å². The van der Waals surface area contributed by atoms with Gasteiger partial charge < -0.3 is 21.1 Å². The van der Waals surface area contributed by atoms with Crippen LogP contribution in [0.15, 0.2) is 114 Å². The zero-order chi connectivity index (χ0) is 26.0. The Morgan fingerprint density at radius 3 is 2.11 bits per heavy atom. The van der Waals surface area contributed by atoms with Crippen molar-refractivity contribution in [3.63, 3.8) is 0 Å². The molecule has 4 aromatic carbocycles. The maximum atomic E-state index is 13.3. The molecule has 0 saturated carbocycles. The summed E-state index contributed by atoms with van der Waals surface area (Å²) < 4.78 is 5.51. The summed E-state index contributed by atoms with van der Waals surface area (Å²) in [6.07, 6.45) is 0. The van der Waals surface area contributed by atoms with Crippen LogP contribution in [0.25, 0.3) is 0 Å². The Balaban J connectivity index is 1.45. The van der Waals surface area contributed by atoms with Crippen molar-refractivity contribution in [3.8, 4) is 5.75 Å². The number of hydrogen-bond donors (Lipinski definition) is 3. The van der Waals surface area contributed by atoms with Gasteiger partial charge in [0.1, 0.15) is 11.0 Å². The molecule has 4 N–H and O–H groups in total. The third-order valence-electron chi connectivity index (χ3n) is 5.26. The summed E-state index contributed by atoms with van der Waals surface area (Å²) >= 11 is 1.36. The van der Waals surface area contributed by atoms with Crippen LogP contribution >= 0.6 is 11.8 Å². The van der Waals surface area contributed by atoms with E-state index in [-0.39, 0.29) is 18.4 Å². The number of thioether (sulfide) groups is 1. The molecule has 1 unspecified atom stereocenters. The van der Waals surface area contributed by atoms with Crippen molar-refractivity contribution >= 4 is 40.9 Å². The van der Waals surface area contributed by atoms with Gasteiger partial charge in [-0.2, -0.15) is 0 Å². The van der Waals surface area contributed by atoms with E-state index in [2.05, 4.69) is 10.6 Å². The van der Waals surface area contributed by atoms with E-state index in [1.54, 1.807) is 42.5 Å². The normalized spacial score (nSPS) is 11.2. The molecular weight excluding hydrogens is 486 g/mol. The molecule has 0 aliphatic rings. The SMILES string of the molecule is NC(=O)c1ccc(NC(=O)C(Sc2cccc(NC(=O)COc3ccccc3)c2)c2ccccc2)cc1. The number of nitrogens with one attached hydrogen (secondary N) is 2. The number of nitrogens with two attached hydrogens (primary N) is 1. The number of ether oxygens (including phenoxy) is 1. The highest BCUT2D eigenvalue weighted by Crippen LogP contribution is 2.37. The van der Waals surface area contributed by atoms with Crippen molar-refractivity contribution in [1.29, 1.82) is 0 Å². The molecule has 0 saturated heterocycles. The van der Waals surface area contributed by atoms with Gasteiger partial charge in [-0.3, -0.25) is 14.4 Å². The molecule has 3 amide bonds. The molecule has 4 aromatic rings. The first-order valence-electron chi connectivity index (χ1n) is 11.5. The van der Waals surface area contributed by atoms with Crippen LogP contribution in [-0.2, 0) is 9.59 Å². The van der Waals surface area contributed by atoms with Gasteiger partial charge >= 0.3 is 0 Å². The minimum Gasteiger partial charge on any atom is -0.484 e. The molecule has 0 aromatic heterocycles. The fourth-order valence-electron chi connectivity index (χ4n) is 3.47. The van der Waals surface area contributed by atoms with Crippen LogP contribution in [0.3, 0.4) is 0 Å². The van der Waals surface area contributed by atoms with Crippen molar-refractivity contribution in [2.24, 2.45) is 5.73 Å². The van der Waals surface area contributed by atoms with Gasteiger partial charge in [-0.25, -0.2) is 0 Å². The molecule has 0 aliphatic heterocycles. The molecule has 0 heterocycles. The van der Waals surface area contributed by atoms with Crippen molar-refractivity contribution in [3.05, 3.63) is 120 Å². The van der Waals surface area contributed by atoms with E-state index < -0.39 is 11.2 Å². The zero-order valence-electron chi connectivity index (χ0n) is 19.8. The first-order chi connectivity index (χ1) is 18.0. The van der Waals surface area contributed by atoms with E-state index in [9.17, 15) is 14.4 Å². The standard InChI is InChI=1S/C29H25N3O4S/c30-28(34)21-14-16-22(17-15-21)32-29(35)27(20-8-3-1-4-9-20)37-25-13-7-10-23(18-25)31-26(33)19-36-24-11-5-2-6-12-24/h1-18,27H,19H2,(H2,30,34)(H,31,33)(H,32,35). The van der Waals surface area contributed by atoms with Crippen LogP contribution in [0.1, 0.15) is 21.2 Å². The number of hydrogen-bond acceptors (Lipinski definition) is 5. The second kappa shape index (κ2) is 12.4. The lowest BCUT2D eigenvalue weighted by molar-refractivity contribution is -0.118. The lowest BCUT2D eigenvalue weighted by atomic mass is 10.1. The van der Waals surface area contributed by atoms with E-state index in [1.807, 2.05) is 66.7 Å². The van der Waals surface area contributed by atoms with Gasteiger partial charge in [-0.15, -0.1) is 11.8 Å². The lowest BCUT2D eigenvalue weighted by Crippen LogP contribution is -2.20. The number of benzene rings is 4. The third kappa shape index (κ3) is 7.46. The molecule has 4 rings (SSSR count). The monoisotopic (exact) mass is 511 g/mol. The van der Waals surface area contributed by atoms with E-state index in [0.29, 0.717) is 22.7 Å². The second-order valence-electron chi connectivity index (χ2n) is 8.02. The van der Waals surface area contributed by atoms with Crippen LogP contribution in [0.2, 0.25) is 0 Å². The van der Waals surface area contributed by atoms with Gasteiger partial charge in [0.25, 0.3) is 5.91 Å². The van der Waals surface area contributed by atoms with Crippen LogP contribution in [-0.4, -0.2) is 24.3 Å². The topological polar surface area (TPSA) is 111 Å².